The zero-order valence-electron chi connectivity index (χ0n) is 13.4. The van der Waals surface area contributed by atoms with Crippen LogP contribution in [0.4, 0.5) is 0 Å². The van der Waals surface area contributed by atoms with E-state index in [4.69, 9.17) is 0 Å². The number of amides is 1. The maximum atomic E-state index is 12.7. The average Bonchev–Trinajstić information content (AvgIpc) is 3.12. The molecule has 128 valence electrons. The van der Waals surface area contributed by atoms with Crippen molar-refractivity contribution in [2.24, 2.45) is 0 Å². The van der Waals surface area contributed by atoms with Crippen LogP contribution in [0.2, 0.25) is 0 Å². The summed E-state index contributed by atoms with van der Waals surface area (Å²) in [6.45, 7) is 0.769. The lowest BCUT2D eigenvalue weighted by molar-refractivity contribution is -0.133. The molecule has 0 spiro atoms. The topological polar surface area (TPSA) is 63.9 Å². The van der Waals surface area contributed by atoms with Crippen LogP contribution in [-0.4, -0.2) is 37.1 Å². The van der Waals surface area contributed by atoms with Crippen molar-refractivity contribution in [3.05, 3.63) is 51.1 Å². The van der Waals surface area contributed by atoms with Gasteiger partial charge in [0.15, 0.2) is 0 Å². The number of aromatic nitrogens is 4. The van der Waals surface area contributed by atoms with Crippen molar-refractivity contribution in [3.63, 3.8) is 0 Å². The fraction of sp³-hybridized carbons (Fsp3) is 0.294. The molecule has 1 aliphatic carbocycles. The highest BCUT2D eigenvalue weighted by Crippen LogP contribution is 2.29. The van der Waals surface area contributed by atoms with Crippen molar-refractivity contribution in [1.82, 2.24) is 25.1 Å². The van der Waals surface area contributed by atoms with Crippen LogP contribution in [0.25, 0.3) is 11.4 Å². The summed E-state index contributed by atoms with van der Waals surface area (Å²) < 4.78 is 0.993. The molecule has 0 unspecified atom stereocenters. The number of rotatable bonds is 6. The molecule has 0 atom stereocenters. The van der Waals surface area contributed by atoms with Crippen molar-refractivity contribution >= 4 is 33.2 Å². The van der Waals surface area contributed by atoms with E-state index < -0.39 is 0 Å². The van der Waals surface area contributed by atoms with Gasteiger partial charge in [0.2, 0.25) is 11.7 Å². The minimum absolute atomic E-state index is 0.0356. The monoisotopic (exact) mass is 417 g/mol. The normalized spacial score (nSPS) is 13.8. The SMILES string of the molecule is O=C(Cn1nnc(-c2ccc(Br)cc2)n1)N(Cc1ccsc1)C1CC1. The first-order valence-electron chi connectivity index (χ1n) is 8.03. The molecule has 0 bridgehead atoms. The first-order valence-corrected chi connectivity index (χ1v) is 9.77. The first-order chi connectivity index (χ1) is 12.2. The molecule has 0 N–H and O–H groups in total. The van der Waals surface area contributed by atoms with Gasteiger partial charge in [0.25, 0.3) is 0 Å². The summed E-state index contributed by atoms with van der Waals surface area (Å²) in [5, 5.41) is 16.6. The van der Waals surface area contributed by atoms with E-state index in [0.717, 1.165) is 22.9 Å². The molecule has 0 aliphatic heterocycles. The Morgan fingerprint density at radius 2 is 2.08 bits per heavy atom. The maximum Gasteiger partial charge on any atom is 0.246 e. The number of carbonyl (C=O) groups is 1. The molecule has 1 amide bonds. The fourth-order valence-corrected chi connectivity index (χ4v) is 3.55. The zero-order chi connectivity index (χ0) is 17.2. The minimum atomic E-state index is 0.0356. The van der Waals surface area contributed by atoms with Crippen LogP contribution in [0.5, 0.6) is 0 Å². The van der Waals surface area contributed by atoms with Gasteiger partial charge in [0, 0.05) is 22.6 Å². The number of benzene rings is 1. The molecule has 2 aromatic heterocycles. The Morgan fingerprint density at radius 3 is 2.76 bits per heavy atom. The predicted molar refractivity (Wildman–Crippen MR) is 98.8 cm³/mol. The lowest BCUT2D eigenvalue weighted by atomic mass is 10.2. The molecule has 4 rings (SSSR count). The molecule has 3 aromatic rings. The smallest absolute Gasteiger partial charge is 0.246 e. The van der Waals surface area contributed by atoms with Crippen molar-refractivity contribution < 1.29 is 4.79 Å². The highest BCUT2D eigenvalue weighted by atomic mass is 79.9. The van der Waals surface area contributed by atoms with Gasteiger partial charge in [-0.3, -0.25) is 4.79 Å². The first kappa shape index (κ1) is 16.4. The van der Waals surface area contributed by atoms with Crippen LogP contribution in [0, 0.1) is 0 Å². The highest BCUT2D eigenvalue weighted by molar-refractivity contribution is 9.10. The summed E-state index contributed by atoms with van der Waals surface area (Å²) in [5.74, 6) is 0.560. The van der Waals surface area contributed by atoms with E-state index in [1.165, 1.54) is 10.4 Å². The van der Waals surface area contributed by atoms with E-state index in [1.54, 1.807) is 11.3 Å². The van der Waals surface area contributed by atoms with Gasteiger partial charge in [-0.25, -0.2) is 0 Å². The highest BCUT2D eigenvalue weighted by Gasteiger charge is 2.32. The quantitative estimate of drug-likeness (QED) is 0.616. The van der Waals surface area contributed by atoms with Gasteiger partial charge in [-0.05, 0) is 64.7 Å². The van der Waals surface area contributed by atoms with E-state index in [-0.39, 0.29) is 12.5 Å². The maximum absolute atomic E-state index is 12.7. The van der Waals surface area contributed by atoms with E-state index in [0.29, 0.717) is 18.4 Å². The van der Waals surface area contributed by atoms with E-state index >= 15 is 0 Å². The molecule has 0 saturated heterocycles. The van der Waals surface area contributed by atoms with Gasteiger partial charge in [0.1, 0.15) is 6.54 Å². The zero-order valence-corrected chi connectivity index (χ0v) is 15.8. The summed E-state index contributed by atoms with van der Waals surface area (Å²) in [4.78, 5) is 16.0. The molecule has 8 heteroatoms. The van der Waals surface area contributed by atoms with Crippen LogP contribution in [0.1, 0.15) is 18.4 Å². The third-order valence-electron chi connectivity index (χ3n) is 4.07. The molecule has 0 radical (unpaired) electrons. The van der Waals surface area contributed by atoms with Crippen molar-refractivity contribution in [2.75, 3.05) is 0 Å². The summed E-state index contributed by atoms with van der Waals surface area (Å²) in [7, 11) is 0. The van der Waals surface area contributed by atoms with E-state index in [9.17, 15) is 4.79 Å². The van der Waals surface area contributed by atoms with Crippen LogP contribution in [0.3, 0.4) is 0 Å². The number of halogens is 1. The Balaban J connectivity index is 1.45. The van der Waals surface area contributed by atoms with Gasteiger partial charge in [-0.15, -0.1) is 10.2 Å². The Kier molecular flexibility index (Phi) is 4.63. The van der Waals surface area contributed by atoms with Crippen LogP contribution >= 0.6 is 27.3 Å². The second-order valence-electron chi connectivity index (χ2n) is 6.03. The molecular weight excluding hydrogens is 402 g/mol. The second kappa shape index (κ2) is 7.05. The van der Waals surface area contributed by atoms with Gasteiger partial charge >= 0.3 is 0 Å². The molecule has 1 fully saturated rings. The number of tetrazole rings is 1. The molecule has 25 heavy (non-hydrogen) atoms. The molecular formula is C17H16BrN5OS. The number of carbonyl (C=O) groups excluding carboxylic acids is 1. The Morgan fingerprint density at radius 1 is 1.28 bits per heavy atom. The van der Waals surface area contributed by atoms with Crippen LogP contribution < -0.4 is 0 Å². The number of hydrogen-bond donors (Lipinski definition) is 0. The lowest BCUT2D eigenvalue weighted by Gasteiger charge is -2.21. The summed E-state index contributed by atoms with van der Waals surface area (Å²) in [6.07, 6.45) is 2.15. The summed E-state index contributed by atoms with van der Waals surface area (Å²) in [6, 6.07) is 10.1. The third-order valence-corrected chi connectivity index (χ3v) is 5.33. The van der Waals surface area contributed by atoms with Gasteiger partial charge < -0.3 is 4.90 Å². The number of thiophene rings is 1. The summed E-state index contributed by atoms with van der Waals surface area (Å²) >= 11 is 5.05. The van der Waals surface area contributed by atoms with Crippen molar-refractivity contribution in [3.8, 4) is 11.4 Å². The van der Waals surface area contributed by atoms with Crippen molar-refractivity contribution in [2.45, 2.75) is 32.0 Å². The molecule has 6 nitrogen and oxygen atoms in total. The molecule has 1 aliphatic rings. The largest absolute Gasteiger partial charge is 0.334 e. The summed E-state index contributed by atoms with van der Waals surface area (Å²) in [5.41, 5.74) is 2.05. The Bertz CT molecular complexity index is 858. The minimum Gasteiger partial charge on any atom is -0.334 e. The molecule has 1 saturated carbocycles. The Labute approximate surface area is 157 Å². The lowest BCUT2D eigenvalue weighted by Crippen LogP contribution is -2.35. The van der Waals surface area contributed by atoms with Gasteiger partial charge in [-0.1, -0.05) is 15.9 Å². The Hall–Kier alpha value is -2.06. The van der Waals surface area contributed by atoms with Crippen LogP contribution in [0.15, 0.2) is 45.6 Å². The molecule has 1 aromatic carbocycles. The van der Waals surface area contributed by atoms with Gasteiger partial charge in [0.05, 0.1) is 0 Å². The number of hydrogen-bond acceptors (Lipinski definition) is 5. The van der Waals surface area contributed by atoms with Crippen molar-refractivity contribution in [1.29, 1.82) is 0 Å². The average molecular weight is 418 g/mol. The number of nitrogens with zero attached hydrogens (tertiary/aromatic N) is 5. The van der Waals surface area contributed by atoms with Gasteiger partial charge in [-0.2, -0.15) is 16.1 Å². The standard InChI is InChI=1S/C17H16BrN5OS/c18-14-3-1-13(2-4-14)17-19-21-23(20-17)10-16(24)22(15-5-6-15)9-12-7-8-25-11-12/h1-4,7-8,11,15H,5-6,9-10H2. The molecule has 2 heterocycles. The van der Waals surface area contributed by atoms with E-state index in [2.05, 4.69) is 42.8 Å². The van der Waals surface area contributed by atoms with E-state index in [1.807, 2.05) is 34.5 Å². The third kappa shape index (κ3) is 3.96. The van der Waals surface area contributed by atoms with Crippen LogP contribution in [-0.2, 0) is 17.9 Å². The predicted octanol–water partition coefficient (Wildman–Crippen LogP) is 3.36. The second-order valence-corrected chi connectivity index (χ2v) is 7.73. The fourth-order valence-electron chi connectivity index (χ4n) is 2.62.